The molecule has 0 aromatic heterocycles. The number of para-hydroxylation sites is 1. The molecule has 0 heterocycles. The van der Waals surface area contributed by atoms with E-state index in [-0.39, 0.29) is 11.5 Å². The van der Waals surface area contributed by atoms with Crippen molar-refractivity contribution in [1.82, 2.24) is 0 Å². The maximum atomic E-state index is 13.4. The van der Waals surface area contributed by atoms with Gasteiger partial charge in [0.25, 0.3) is 0 Å². The van der Waals surface area contributed by atoms with E-state index in [0.29, 0.717) is 11.3 Å². The van der Waals surface area contributed by atoms with Gasteiger partial charge in [-0.05, 0) is 31.2 Å². The average molecular weight is 314 g/mol. The van der Waals surface area contributed by atoms with Gasteiger partial charge in [0.15, 0.2) is 5.78 Å². The maximum absolute atomic E-state index is 13.4. The molecule has 0 aliphatic carbocycles. The number of carbonyl (C=O) groups excluding carboxylic acids is 3. The van der Waals surface area contributed by atoms with E-state index in [2.05, 4.69) is 10.6 Å². The Morgan fingerprint density at radius 1 is 0.957 bits per heavy atom. The van der Waals surface area contributed by atoms with Crippen molar-refractivity contribution in [2.45, 2.75) is 13.3 Å². The lowest BCUT2D eigenvalue weighted by molar-refractivity contribution is -0.123. The molecule has 0 unspecified atom stereocenters. The van der Waals surface area contributed by atoms with Crippen molar-refractivity contribution in [2.24, 2.45) is 0 Å². The third-order valence-corrected chi connectivity index (χ3v) is 3.02. The molecule has 6 heteroatoms. The van der Waals surface area contributed by atoms with Crippen molar-refractivity contribution >= 4 is 29.0 Å². The fourth-order valence-corrected chi connectivity index (χ4v) is 1.92. The number of benzene rings is 2. The van der Waals surface area contributed by atoms with Crippen LogP contribution in [0.3, 0.4) is 0 Å². The first kappa shape index (κ1) is 16.4. The molecule has 0 bridgehead atoms. The topological polar surface area (TPSA) is 75.3 Å². The van der Waals surface area contributed by atoms with Crippen LogP contribution in [0, 0.1) is 5.82 Å². The number of nitrogens with one attached hydrogen (secondary N) is 2. The van der Waals surface area contributed by atoms with Crippen molar-refractivity contribution in [3.8, 4) is 0 Å². The number of halogens is 1. The highest BCUT2D eigenvalue weighted by Gasteiger charge is 2.12. The number of hydrogen-bond acceptors (Lipinski definition) is 3. The fraction of sp³-hybridized carbons (Fsp3) is 0.118. The summed E-state index contributed by atoms with van der Waals surface area (Å²) in [6, 6.07) is 12.1. The van der Waals surface area contributed by atoms with E-state index in [4.69, 9.17) is 0 Å². The van der Waals surface area contributed by atoms with Crippen LogP contribution in [0.4, 0.5) is 15.8 Å². The quantitative estimate of drug-likeness (QED) is 0.658. The summed E-state index contributed by atoms with van der Waals surface area (Å²) in [5.74, 6) is -1.89. The van der Waals surface area contributed by atoms with Gasteiger partial charge in [0, 0.05) is 11.3 Å². The molecule has 0 aliphatic heterocycles. The molecule has 0 saturated heterocycles. The Morgan fingerprint density at radius 2 is 1.65 bits per heavy atom. The van der Waals surface area contributed by atoms with Crippen LogP contribution >= 0.6 is 0 Å². The Balaban J connectivity index is 1.94. The lowest BCUT2D eigenvalue weighted by Crippen LogP contribution is -2.21. The van der Waals surface area contributed by atoms with Crippen LogP contribution in [0.5, 0.6) is 0 Å². The SMILES string of the molecule is CC(=O)c1cccc(NC(=O)CC(=O)Nc2ccccc2F)c1. The Labute approximate surface area is 132 Å². The van der Waals surface area contributed by atoms with Gasteiger partial charge in [-0.1, -0.05) is 24.3 Å². The first-order valence-corrected chi connectivity index (χ1v) is 6.91. The van der Waals surface area contributed by atoms with E-state index in [9.17, 15) is 18.8 Å². The number of carbonyl (C=O) groups is 3. The third-order valence-electron chi connectivity index (χ3n) is 3.02. The molecule has 23 heavy (non-hydrogen) atoms. The second-order valence-corrected chi connectivity index (χ2v) is 4.89. The van der Waals surface area contributed by atoms with E-state index in [1.807, 2.05) is 0 Å². The molecule has 5 nitrogen and oxygen atoms in total. The average Bonchev–Trinajstić information content (AvgIpc) is 2.49. The zero-order chi connectivity index (χ0) is 16.8. The predicted octanol–water partition coefficient (Wildman–Crippen LogP) is 3.00. The number of anilines is 2. The van der Waals surface area contributed by atoms with E-state index in [1.165, 1.54) is 31.2 Å². The minimum atomic E-state index is -0.629. The van der Waals surface area contributed by atoms with Gasteiger partial charge < -0.3 is 10.6 Å². The molecular formula is C17H15FN2O3. The summed E-state index contributed by atoms with van der Waals surface area (Å²) in [5.41, 5.74) is 0.892. The van der Waals surface area contributed by atoms with Gasteiger partial charge in [0.2, 0.25) is 11.8 Å². The van der Waals surface area contributed by atoms with Crippen molar-refractivity contribution in [3.63, 3.8) is 0 Å². The number of rotatable bonds is 5. The molecule has 0 atom stereocenters. The lowest BCUT2D eigenvalue weighted by atomic mass is 10.1. The van der Waals surface area contributed by atoms with Crippen molar-refractivity contribution in [3.05, 3.63) is 59.9 Å². The molecule has 0 fully saturated rings. The Morgan fingerprint density at radius 3 is 2.35 bits per heavy atom. The van der Waals surface area contributed by atoms with Gasteiger partial charge in [0.05, 0.1) is 5.69 Å². The van der Waals surface area contributed by atoms with Gasteiger partial charge in [0.1, 0.15) is 12.2 Å². The molecule has 0 radical (unpaired) electrons. The normalized spacial score (nSPS) is 10.0. The second kappa shape index (κ2) is 7.31. The minimum Gasteiger partial charge on any atom is -0.326 e. The van der Waals surface area contributed by atoms with E-state index in [0.717, 1.165) is 0 Å². The molecular weight excluding hydrogens is 299 g/mol. The summed E-state index contributed by atoms with van der Waals surface area (Å²) in [5, 5.41) is 4.85. The predicted molar refractivity (Wildman–Crippen MR) is 84.7 cm³/mol. The number of Topliss-reactive ketones (excluding diaryl/α,β-unsaturated/α-hetero) is 1. The number of hydrogen-bond donors (Lipinski definition) is 2. The van der Waals surface area contributed by atoms with Crippen molar-refractivity contribution in [1.29, 1.82) is 0 Å². The molecule has 2 amide bonds. The van der Waals surface area contributed by atoms with E-state index in [1.54, 1.807) is 24.3 Å². The molecule has 0 spiro atoms. The molecule has 0 aliphatic rings. The maximum Gasteiger partial charge on any atom is 0.233 e. The molecule has 0 saturated carbocycles. The lowest BCUT2D eigenvalue weighted by Gasteiger charge is -2.08. The van der Waals surface area contributed by atoms with Gasteiger partial charge >= 0.3 is 0 Å². The zero-order valence-corrected chi connectivity index (χ0v) is 12.4. The monoisotopic (exact) mass is 314 g/mol. The van der Waals surface area contributed by atoms with Crippen LogP contribution in [0.2, 0.25) is 0 Å². The highest BCUT2D eigenvalue weighted by molar-refractivity contribution is 6.08. The summed E-state index contributed by atoms with van der Waals surface area (Å²) in [7, 11) is 0. The van der Waals surface area contributed by atoms with Crippen LogP contribution in [0.25, 0.3) is 0 Å². The van der Waals surface area contributed by atoms with Crippen LogP contribution in [0.15, 0.2) is 48.5 Å². The van der Waals surface area contributed by atoms with Crippen molar-refractivity contribution < 1.29 is 18.8 Å². The highest BCUT2D eigenvalue weighted by Crippen LogP contribution is 2.14. The number of amides is 2. The second-order valence-electron chi connectivity index (χ2n) is 4.89. The standard InChI is InChI=1S/C17H15FN2O3/c1-11(21)12-5-4-6-13(9-12)19-16(22)10-17(23)20-15-8-3-2-7-14(15)18/h2-9H,10H2,1H3,(H,19,22)(H,20,23). The van der Waals surface area contributed by atoms with Crippen LogP contribution in [-0.2, 0) is 9.59 Å². The summed E-state index contributed by atoms with van der Waals surface area (Å²) < 4.78 is 13.4. The fourth-order valence-electron chi connectivity index (χ4n) is 1.92. The summed E-state index contributed by atoms with van der Waals surface area (Å²) in [4.78, 5) is 34.9. The van der Waals surface area contributed by atoms with Crippen LogP contribution in [0.1, 0.15) is 23.7 Å². The van der Waals surface area contributed by atoms with E-state index >= 15 is 0 Å². The van der Waals surface area contributed by atoms with Crippen LogP contribution < -0.4 is 10.6 Å². The van der Waals surface area contributed by atoms with Gasteiger partial charge in [-0.2, -0.15) is 0 Å². The Kier molecular flexibility index (Phi) is 5.19. The smallest absolute Gasteiger partial charge is 0.233 e. The first-order valence-electron chi connectivity index (χ1n) is 6.91. The van der Waals surface area contributed by atoms with Crippen molar-refractivity contribution in [2.75, 3.05) is 10.6 Å². The first-order chi connectivity index (χ1) is 11.0. The largest absolute Gasteiger partial charge is 0.326 e. The summed E-state index contributed by atoms with van der Waals surface area (Å²) >= 11 is 0. The zero-order valence-electron chi connectivity index (χ0n) is 12.4. The van der Waals surface area contributed by atoms with E-state index < -0.39 is 24.1 Å². The Hall–Kier alpha value is -3.02. The summed E-state index contributed by atoms with van der Waals surface area (Å²) in [6.45, 7) is 1.42. The van der Waals surface area contributed by atoms with Gasteiger partial charge in [-0.25, -0.2) is 4.39 Å². The number of ketones is 1. The van der Waals surface area contributed by atoms with Gasteiger partial charge in [-0.3, -0.25) is 14.4 Å². The molecule has 2 aromatic carbocycles. The molecule has 2 N–H and O–H groups in total. The third kappa shape index (κ3) is 4.74. The summed E-state index contributed by atoms with van der Waals surface area (Å²) in [6.07, 6.45) is -0.460. The molecule has 118 valence electrons. The molecule has 2 aromatic rings. The highest BCUT2D eigenvalue weighted by atomic mass is 19.1. The van der Waals surface area contributed by atoms with Crippen LogP contribution in [-0.4, -0.2) is 17.6 Å². The van der Waals surface area contributed by atoms with Gasteiger partial charge in [-0.15, -0.1) is 0 Å². The Bertz CT molecular complexity index is 759. The minimum absolute atomic E-state index is 0.0175. The molecule has 2 rings (SSSR count).